The van der Waals surface area contributed by atoms with Crippen LogP contribution in [-0.2, 0) is 9.59 Å². The highest BCUT2D eigenvalue weighted by Crippen LogP contribution is 2.33. The summed E-state index contributed by atoms with van der Waals surface area (Å²) in [5.74, 6) is -0.644. The van der Waals surface area contributed by atoms with Gasteiger partial charge in [-0.15, -0.1) is 11.8 Å². The lowest BCUT2D eigenvalue weighted by Crippen LogP contribution is -2.51. The highest BCUT2D eigenvalue weighted by Gasteiger charge is 2.52. The van der Waals surface area contributed by atoms with Crippen molar-refractivity contribution in [3.05, 3.63) is 29.3 Å². The first-order valence-corrected chi connectivity index (χ1v) is 9.21. The minimum Gasteiger partial charge on any atom is -0.322 e. The summed E-state index contributed by atoms with van der Waals surface area (Å²) < 4.78 is 0. The van der Waals surface area contributed by atoms with Crippen molar-refractivity contribution < 1.29 is 14.4 Å². The molecular formula is C16H18ClN3O3S. The molecule has 2 fully saturated rings. The van der Waals surface area contributed by atoms with Crippen LogP contribution in [0.3, 0.4) is 0 Å². The van der Waals surface area contributed by atoms with E-state index in [9.17, 15) is 14.4 Å². The number of hydrogen-bond donors (Lipinski definition) is 2. The zero-order valence-electron chi connectivity index (χ0n) is 13.0. The molecule has 8 heteroatoms. The van der Waals surface area contributed by atoms with Crippen LogP contribution < -0.4 is 10.7 Å². The fourth-order valence-electron chi connectivity index (χ4n) is 3.05. The number of benzene rings is 1. The van der Waals surface area contributed by atoms with Crippen LogP contribution in [0.2, 0.25) is 5.02 Å². The third-order valence-electron chi connectivity index (χ3n) is 4.29. The molecule has 1 aromatic rings. The predicted molar refractivity (Wildman–Crippen MR) is 91.5 cm³/mol. The lowest BCUT2D eigenvalue weighted by Gasteiger charge is -2.30. The lowest BCUT2D eigenvalue weighted by atomic mass is 9.82. The van der Waals surface area contributed by atoms with E-state index in [-0.39, 0.29) is 11.7 Å². The minimum absolute atomic E-state index is 0.103. The van der Waals surface area contributed by atoms with Gasteiger partial charge in [-0.3, -0.25) is 15.0 Å². The highest BCUT2D eigenvalue weighted by atomic mass is 35.5. The number of carbonyl (C=O) groups is 3. The van der Waals surface area contributed by atoms with Crippen molar-refractivity contribution in [3.8, 4) is 0 Å². The standard InChI is InChI=1S/C16H18ClN3O3S/c17-11-4-6-12(7-5-11)24-10-13(21)19-20-14(22)16(18-15(20)23)8-2-1-3-9-16/h4-7H,1-3,8-10H2,(H,18,23)(H,19,21). The number of nitrogens with zero attached hydrogens (tertiary/aromatic N) is 1. The lowest BCUT2D eigenvalue weighted by molar-refractivity contribution is -0.139. The fraction of sp³-hybridized carbons (Fsp3) is 0.438. The fourth-order valence-corrected chi connectivity index (χ4v) is 3.87. The molecule has 0 bridgehead atoms. The van der Waals surface area contributed by atoms with Gasteiger partial charge < -0.3 is 5.32 Å². The predicted octanol–water partition coefficient (Wildman–Crippen LogP) is 2.72. The maximum Gasteiger partial charge on any atom is 0.344 e. The first kappa shape index (κ1) is 17.1. The monoisotopic (exact) mass is 367 g/mol. The van der Waals surface area contributed by atoms with Gasteiger partial charge in [0, 0.05) is 9.92 Å². The summed E-state index contributed by atoms with van der Waals surface area (Å²) in [6, 6.07) is 6.56. The van der Waals surface area contributed by atoms with Gasteiger partial charge in [-0.1, -0.05) is 30.9 Å². The Morgan fingerprint density at radius 2 is 1.88 bits per heavy atom. The van der Waals surface area contributed by atoms with Gasteiger partial charge in [0.2, 0.25) is 5.91 Å². The van der Waals surface area contributed by atoms with E-state index >= 15 is 0 Å². The second-order valence-corrected chi connectivity index (χ2v) is 7.48. The summed E-state index contributed by atoms with van der Waals surface area (Å²) in [4.78, 5) is 37.6. The molecule has 1 saturated heterocycles. The second kappa shape index (κ2) is 7.03. The van der Waals surface area contributed by atoms with Crippen molar-refractivity contribution in [2.75, 3.05) is 5.75 Å². The van der Waals surface area contributed by atoms with E-state index in [1.54, 1.807) is 12.1 Å². The third-order valence-corrected chi connectivity index (χ3v) is 5.55. The number of amides is 4. The van der Waals surface area contributed by atoms with Crippen LogP contribution in [0.25, 0.3) is 0 Å². The largest absolute Gasteiger partial charge is 0.344 e. The topological polar surface area (TPSA) is 78.5 Å². The molecule has 1 aliphatic carbocycles. The average molecular weight is 368 g/mol. The van der Waals surface area contributed by atoms with E-state index in [1.165, 1.54) is 11.8 Å². The Morgan fingerprint density at radius 1 is 1.21 bits per heavy atom. The number of rotatable bonds is 4. The number of carbonyl (C=O) groups excluding carboxylic acids is 3. The molecule has 2 N–H and O–H groups in total. The molecule has 0 aromatic heterocycles. The van der Waals surface area contributed by atoms with E-state index in [0.717, 1.165) is 29.2 Å². The van der Waals surface area contributed by atoms with Gasteiger partial charge >= 0.3 is 6.03 Å². The summed E-state index contributed by atoms with van der Waals surface area (Å²) in [6.07, 6.45) is 4.13. The van der Waals surface area contributed by atoms with Crippen molar-refractivity contribution >= 4 is 41.2 Å². The van der Waals surface area contributed by atoms with E-state index < -0.39 is 17.5 Å². The molecular weight excluding hydrogens is 350 g/mol. The molecule has 1 aliphatic heterocycles. The van der Waals surface area contributed by atoms with Crippen molar-refractivity contribution in [2.45, 2.75) is 42.5 Å². The molecule has 0 radical (unpaired) electrons. The van der Waals surface area contributed by atoms with Crippen molar-refractivity contribution in [3.63, 3.8) is 0 Å². The third kappa shape index (κ3) is 3.52. The summed E-state index contributed by atoms with van der Waals surface area (Å²) in [5, 5.41) is 4.21. The van der Waals surface area contributed by atoms with Crippen LogP contribution in [0.1, 0.15) is 32.1 Å². The van der Waals surface area contributed by atoms with Gasteiger partial charge in [0.1, 0.15) is 5.54 Å². The first-order valence-electron chi connectivity index (χ1n) is 7.85. The maximum atomic E-state index is 12.5. The molecule has 6 nitrogen and oxygen atoms in total. The summed E-state index contributed by atoms with van der Waals surface area (Å²) >= 11 is 7.12. The Bertz CT molecular complexity index is 659. The van der Waals surface area contributed by atoms with E-state index in [2.05, 4.69) is 10.7 Å². The number of imide groups is 1. The molecule has 1 saturated carbocycles. The molecule has 1 aromatic carbocycles. The first-order chi connectivity index (χ1) is 11.5. The van der Waals surface area contributed by atoms with Crippen molar-refractivity contribution in [1.82, 2.24) is 15.8 Å². The zero-order chi connectivity index (χ0) is 17.2. The number of urea groups is 1. The van der Waals surface area contributed by atoms with Crippen LogP contribution in [0, 0.1) is 0 Å². The smallest absolute Gasteiger partial charge is 0.322 e. The van der Waals surface area contributed by atoms with Gasteiger partial charge in [0.15, 0.2) is 0 Å². The van der Waals surface area contributed by atoms with E-state index in [0.29, 0.717) is 17.9 Å². The Labute approximate surface area is 149 Å². The van der Waals surface area contributed by atoms with Crippen LogP contribution in [-0.4, -0.2) is 34.1 Å². The summed E-state index contributed by atoms with van der Waals surface area (Å²) in [6.45, 7) is 0. The number of thioether (sulfide) groups is 1. The van der Waals surface area contributed by atoms with Gasteiger partial charge in [-0.2, -0.15) is 5.01 Å². The average Bonchev–Trinajstić information content (AvgIpc) is 2.79. The maximum absolute atomic E-state index is 12.5. The minimum atomic E-state index is -0.827. The molecule has 1 spiro atoms. The Morgan fingerprint density at radius 3 is 2.54 bits per heavy atom. The van der Waals surface area contributed by atoms with Gasteiger partial charge in [0.05, 0.1) is 5.75 Å². The quantitative estimate of drug-likeness (QED) is 0.633. The van der Waals surface area contributed by atoms with Crippen molar-refractivity contribution in [2.24, 2.45) is 0 Å². The number of hydrogen-bond acceptors (Lipinski definition) is 4. The summed E-state index contributed by atoms with van der Waals surface area (Å²) in [7, 11) is 0. The molecule has 3 rings (SSSR count). The van der Waals surface area contributed by atoms with E-state index in [1.807, 2.05) is 12.1 Å². The normalized spacial score (nSPS) is 19.5. The van der Waals surface area contributed by atoms with Crippen LogP contribution in [0.4, 0.5) is 4.79 Å². The van der Waals surface area contributed by atoms with Crippen LogP contribution >= 0.6 is 23.4 Å². The van der Waals surface area contributed by atoms with Crippen LogP contribution in [0.15, 0.2) is 29.2 Å². The number of nitrogens with one attached hydrogen (secondary N) is 2. The molecule has 0 atom stereocenters. The molecule has 128 valence electrons. The molecule has 1 heterocycles. The van der Waals surface area contributed by atoms with Gasteiger partial charge in [-0.25, -0.2) is 4.79 Å². The Kier molecular flexibility index (Phi) is 5.01. The number of halogens is 1. The number of hydrazine groups is 1. The van der Waals surface area contributed by atoms with Gasteiger partial charge in [-0.05, 0) is 37.1 Å². The van der Waals surface area contributed by atoms with Gasteiger partial charge in [0.25, 0.3) is 5.91 Å². The second-order valence-electron chi connectivity index (χ2n) is 5.99. The highest BCUT2D eigenvalue weighted by molar-refractivity contribution is 8.00. The zero-order valence-corrected chi connectivity index (χ0v) is 14.6. The van der Waals surface area contributed by atoms with Crippen molar-refractivity contribution in [1.29, 1.82) is 0 Å². The molecule has 2 aliphatic rings. The van der Waals surface area contributed by atoms with E-state index in [4.69, 9.17) is 11.6 Å². The SMILES string of the molecule is O=C(CSc1ccc(Cl)cc1)NN1C(=O)NC2(CCCCC2)C1=O. The Balaban J connectivity index is 1.56. The molecule has 24 heavy (non-hydrogen) atoms. The molecule has 0 unspecified atom stereocenters. The summed E-state index contributed by atoms with van der Waals surface area (Å²) in [5.41, 5.74) is 1.59. The van der Waals surface area contributed by atoms with Crippen LogP contribution in [0.5, 0.6) is 0 Å². The Hall–Kier alpha value is -1.73. The molecule has 4 amide bonds.